The Kier molecular flexibility index (Phi) is 4.23. The first-order valence-electron chi connectivity index (χ1n) is 3.26. The predicted molar refractivity (Wildman–Crippen MR) is 41.2 cm³/mol. The fraction of sp³-hybridized carbons (Fsp3) is 0.333. The van der Waals surface area contributed by atoms with E-state index >= 15 is 0 Å². The van der Waals surface area contributed by atoms with Gasteiger partial charge in [0.15, 0.2) is 5.71 Å². The highest BCUT2D eigenvalue weighted by atomic mass is 16.4. The van der Waals surface area contributed by atoms with Gasteiger partial charge in [0.05, 0.1) is 0 Å². The molecule has 14 heavy (non-hydrogen) atoms. The summed E-state index contributed by atoms with van der Waals surface area (Å²) >= 11 is 0. The van der Waals surface area contributed by atoms with Gasteiger partial charge in [-0.3, -0.25) is 9.79 Å². The van der Waals surface area contributed by atoms with E-state index in [1.54, 1.807) is 0 Å². The van der Waals surface area contributed by atoms with Gasteiger partial charge in [-0.05, 0) is 0 Å². The van der Waals surface area contributed by atoms with Crippen LogP contribution in [0.4, 0.5) is 0 Å². The molecule has 0 heterocycles. The molecular formula is C6H7NO7. The Bertz CT molecular complexity index is 295. The van der Waals surface area contributed by atoms with Crippen molar-refractivity contribution in [1.29, 1.82) is 0 Å². The number of rotatable bonds is 5. The molecule has 1 atom stereocenters. The van der Waals surface area contributed by atoms with E-state index in [0.717, 1.165) is 0 Å². The summed E-state index contributed by atoms with van der Waals surface area (Å²) in [6.07, 6.45) is -2.33. The Balaban J connectivity index is 4.76. The van der Waals surface area contributed by atoms with Crippen LogP contribution in [-0.2, 0) is 14.4 Å². The van der Waals surface area contributed by atoms with Gasteiger partial charge in [0.25, 0.3) is 0 Å². The lowest BCUT2D eigenvalue weighted by Gasteiger charge is -2.03. The zero-order chi connectivity index (χ0) is 11.3. The number of carbonyl (C=O) groups is 3. The first-order chi connectivity index (χ1) is 6.36. The standard InChI is InChI=1S/C6H7NO7/c8-2(9)1-7-3(5(11)12)4(10)6(13)14/h4,10H,1H2,(H,8,9)(H,11,12)(H,13,14). The van der Waals surface area contributed by atoms with Gasteiger partial charge in [0.2, 0.25) is 6.10 Å². The summed E-state index contributed by atoms with van der Waals surface area (Å²) in [4.78, 5) is 33.4. The summed E-state index contributed by atoms with van der Waals surface area (Å²) in [5.74, 6) is -5.01. The average molecular weight is 205 g/mol. The molecule has 0 radical (unpaired) electrons. The minimum atomic E-state index is -2.33. The van der Waals surface area contributed by atoms with Crippen LogP contribution in [0.5, 0.6) is 0 Å². The van der Waals surface area contributed by atoms with Gasteiger partial charge in [-0.2, -0.15) is 0 Å². The van der Waals surface area contributed by atoms with Crippen molar-refractivity contribution in [3.63, 3.8) is 0 Å². The van der Waals surface area contributed by atoms with Crippen molar-refractivity contribution in [2.45, 2.75) is 6.10 Å². The molecule has 0 saturated heterocycles. The van der Waals surface area contributed by atoms with E-state index in [-0.39, 0.29) is 0 Å². The first kappa shape index (κ1) is 12.0. The minimum Gasteiger partial charge on any atom is -0.480 e. The zero-order valence-electron chi connectivity index (χ0n) is 6.75. The molecule has 78 valence electrons. The summed E-state index contributed by atoms with van der Waals surface area (Å²) < 4.78 is 0. The number of nitrogens with zero attached hydrogens (tertiary/aromatic N) is 1. The van der Waals surface area contributed by atoms with Gasteiger partial charge in [0.1, 0.15) is 6.54 Å². The van der Waals surface area contributed by atoms with Crippen molar-refractivity contribution < 1.29 is 34.8 Å². The minimum absolute atomic E-state index is 0.911. The van der Waals surface area contributed by atoms with Crippen LogP contribution in [-0.4, -0.2) is 56.7 Å². The lowest BCUT2D eigenvalue weighted by atomic mass is 10.2. The maximum Gasteiger partial charge on any atom is 0.353 e. The highest BCUT2D eigenvalue weighted by molar-refractivity contribution is 6.41. The van der Waals surface area contributed by atoms with Crippen LogP contribution in [0.15, 0.2) is 4.99 Å². The molecule has 0 saturated carbocycles. The fourth-order valence-corrected chi connectivity index (χ4v) is 0.541. The van der Waals surface area contributed by atoms with Crippen LogP contribution in [0.3, 0.4) is 0 Å². The molecule has 0 fully saturated rings. The van der Waals surface area contributed by atoms with E-state index in [2.05, 4.69) is 4.99 Å². The molecule has 0 aliphatic heterocycles. The monoisotopic (exact) mass is 205 g/mol. The summed E-state index contributed by atoms with van der Waals surface area (Å²) in [7, 11) is 0. The molecule has 0 aromatic carbocycles. The number of carboxylic acids is 3. The number of aliphatic carboxylic acids is 3. The van der Waals surface area contributed by atoms with Crippen LogP contribution in [0.1, 0.15) is 0 Å². The van der Waals surface area contributed by atoms with Gasteiger partial charge in [-0.1, -0.05) is 0 Å². The van der Waals surface area contributed by atoms with Crippen molar-refractivity contribution in [3.05, 3.63) is 0 Å². The van der Waals surface area contributed by atoms with Crippen molar-refractivity contribution in [2.75, 3.05) is 6.54 Å². The van der Waals surface area contributed by atoms with Crippen molar-refractivity contribution in [3.8, 4) is 0 Å². The molecule has 0 bridgehead atoms. The third-order valence-corrected chi connectivity index (χ3v) is 1.10. The fourth-order valence-electron chi connectivity index (χ4n) is 0.541. The first-order valence-corrected chi connectivity index (χ1v) is 3.26. The SMILES string of the molecule is O=C(O)CN=C(C(=O)O)C(O)C(=O)O. The Morgan fingerprint density at radius 3 is 1.93 bits per heavy atom. The second-order valence-corrected chi connectivity index (χ2v) is 2.14. The highest BCUT2D eigenvalue weighted by Crippen LogP contribution is 1.91. The molecule has 0 rings (SSSR count). The van der Waals surface area contributed by atoms with Gasteiger partial charge >= 0.3 is 17.9 Å². The Morgan fingerprint density at radius 1 is 1.14 bits per heavy atom. The van der Waals surface area contributed by atoms with Crippen LogP contribution in [0, 0.1) is 0 Å². The third-order valence-electron chi connectivity index (χ3n) is 1.10. The van der Waals surface area contributed by atoms with E-state index in [9.17, 15) is 14.4 Å². The average Bonchev–Trinajstić information content (AvgIpc) is 2.02. The third kappa shape index (κ3) is 3.63. The smallest absolute Gasteiger partial charge is 0.353 e. The highest BCUT2D eigenvalue weighted by Gasteiger charge is 2.26. The number of hydrogen-bond acceptors (Lipinski definition) is 5. The van der Waals surface area contributed by atoms with Crippen LogP contribution in [0.25, 0.3) is 0 Å². The molecule has 4 N–H and O–H groups in total. The van der Waals surface area contributed by atoms with Gasteiger partial charge in [0, 0.05) is 0 Å². The molecule has 0 spiro atoms. The number of aliphatic hydroxyl groups excluding tert-OH is 1. The second kappa shape index (κ2) is 4.92. The number of aliphatic hydroxyl groups is 1. The Labute approximate surface area is 77.1 Å². The Hall–Kier alpha value is -1.96. The molecule has 0 aromatic rings. The van der Waals surface area contributed by atoms with Crippen molar-refractivity contribution in [2.24, 2.45) is 4.99 Å². The van der Waals surface area contributed by atoms with E-state index < -0.39 is 36.3 Å². The maximum absolute atomic E-state index is 10.3. The largest absolute Gasteiger partial charge is 0.480 e. The summed E-state index contributed by atoms with van der Waals surface area (Å²) in [5.41, 5.74) is -1.11. The molecule has 1 unspecified atom stereocenters. The number of aliphatic imine (C=N–C) groups is 1. The van der Waals surface area contributed by atoms with E-state index in [1.807, 2.05) is 0 Å². The zero-order valence-corrected chi connectivity index (χ0v) is 6.75. The summed E-state index contributed by atoms with van der Waals surface area (Å²) in [5, 5.41) is 33.5. The van der Waals surface area contributed by atoms with Gasteiger partial charge in [-0.15, -0.1) is 0 Å². The van der Waals surface area contributed by atoms with Gasteiger partial charge in [-0.25, -0.2) is 9.59 Å². The molecule has 0 aliphatic carbocycles. The van der Waals surface area contributed by atoms with Crippen LogP contribution < -0.4 is 0 Å². The Morgan fingerprint density at radius 2 is 1.64 bits per heavy atom. The molecular weight excluding hydrogens is 198 g/mol. The number of hydrogen-bond donors (Lipinski definition) is 4. The molecule has 8 heteroatoms. The van der Waals surface area contributed by atoms with Crippen LogP contribution >= 0.6 is 0 Å². The normalized spacial score (nSPS) is 13.4. The topological polar surface area (TPSA) is 144 Å². The molecule has 8 nitrogen and oxygen atoms in total. The molecule has 0 amide bonds. The van der Waals surface area contributed by atoms with Gasteiger partial charge < -0.3 is 20.4 Å². The lowest BCUT2D eigenvalue weighted by Crippen LogP contribution is -2.35. The lowest BCUT2D eigenvalue weighted by molar-refractivity contribution is -0.144. The summed E-state index contributed by atoms with van der Waals surface area (Å²) in [6, 6.07) is 0. The second-order valence-electron chi connectivity index (χ2n) is 2.14. The molecule has 0 aromatic heterocycles. The van der Waals surface area contributed by atoms with E-state index in [4.69, 9.17) is 20.4 Å². The predicted octanol–water partition coefficient (Wildman–Crippen LogP) is -1.96. The maximum atomic E-state index is 10.3. The van der Waals surface area contributed by atoms with E-state index in [1.165, 1.54) is 0 Å². The van der Waals surface area contributed by atoms with Crippen LogP contribution in [0.2, 0.25) is 0 Å². The van der Waals surface area contributed by atoms with E-state index in [0.29, 0.717) is 0 Å². The van der Waals surface area contributed by atoms with Crippen molar-refractivity contribution >= 4 is 23.6 Å². The van der Waals surface area contributed by atoms with Crippen molar-refractivity contribution in [1.82, 2.24) is 0 Å². The quantitative estimate of drug-likeness (QED) is 0.381. The number of carboxylic acid groups (broad SMARTS) is 3. The molecule has 0 aliphatic rings. The summed E-state index contributed by atoms with van der Waals surface area (Å²) in [6.45, 7) is -0.911.